The Morgan fingerprint density at radius 1 is 1.18 bits per heavy atom. The standard InChI is InChI=1S/C20H25N5O3/c1-13(2)16(25-22-17(21-23-25)14-6-4-3-5-7-14)18(26)24-10-8-20(9-11-24)12-15(20)19(27)28/h3-7,13,15-16H,8-12H2,1-2H3,(H,27,28). The number of tetrazole rings is 1. The van der Waals surface area contributed by atoms with Gasteiger partial charge in [-0.25, -0.2) is 0 Å². The number of hydrogen-bond acceptors (Lipinski definition) is 5. The second-order valence-corrected chi connectivity index (χ2v) is 8.27. The van der Waals surface area contributed by atoms with Gasteiger partial charge in [0.1, 0.15) is 0 Å². The van der Waals surface area contributed by atoms with Crippen molar-refractivity contribution in [3.8, 4) is 11.4 Å². The summed E-state index contributed by atoms with van der Waals surface area (Å²) in [6.07, 6.45) is 2.24. The van der Waals surface area contributed by atoms with Crippen molar-refractivity contribution in [1.29, 1.82) is 0 Å². The van der Waals surface area contributed by atoms with Crippen LogP contribution in [-0.4, -0.2) is 55.2 Å². The van der Waals surface area contributed by atoms with E-state index in [1.54, 1.807) is 0 Å². The van der Waals surface area contributed by atoms with Crippen LogP contribution in [0.1, 0.15) is 39.2 Å². The highest BCUT2D eigenvalue weighted by Crippen LogP contribution is 2.59. The molecule has 0 bridgehead atoms. The smallest absolute Gasteiger partial charge is 0.307 e. The number of carbonyl (C=O) groups excluding carboxylic acids is 1. The summed E-state index contributed by atoms with van der Waals surface area (Å²) in [7, 11) is 0. The van der Waals surface area contributed by atoms with Crippen molar-refractivity contribution in [3.05, 3.63) is 30.3 Å². The molecular formula is C20H25N5O3. The first-order valence-corrected chi connectivity index (χ1v) is 9.78. The third-order valence-electron chi connectivity index (χ3n) is 6.15. The Balaban J connectivity index is 1.48. The van der Waals surface area contributed by atoms with Crippen LogP contribution in [0.25, 0.3) is 11.4 Å². The largest absolute Gasteiger partial charge is 0.481 e. The van der Waals surface area contributed by atoms with Crippen LogP contribution in [-0.2, 0) is 9.59 Å². The van der Waals surface area contributed by atoms with E-state index in [1.807, 2.05) is 49.1 Å². The molecule has 8 heteroatoms. The average Bonchev–Trinajstić information content (AvgIpc) is 3.17. The van der Waals surface area contributed by atoms with E-state index in [0.29, 0.717) is 18.9 Å². The van der Waals surface area contributed by atoms with Gasteiger partial charge in [0.25, 0.3) is 0 Å². The Hall–Kier alpha value is -2.77. The molecule has 148 valence electrons. The zero-order valence-corrected chi connectivity index (χ0v) is 16.2. The number of benzene rings is 1. The highest BCUT2D eigenvalue weighted by atomic mass is 16.4. The molecule has 1 aromatic heterocycles. The van der Waals surface area contributed by atoms with E-state index in [-0.39, 0.29) is 23.2 Å². The van der Waals surface area contributed by atoms with Gasteiger partial charge in [0, 0.05) is 18.7 Å². The van der Waals surface area contributed by atoms with E-state index < -0.39 is 12.0 Å². The molecule has 2 aliphatic rings. The van der Waals surface area contributed by atoms with Gasteiger partial charge in [-0.05, 0) is 35.8 Å². The van der Waals surface area contributed by atoms with Gasteiger partial charge in [-0.3, -0.25) is 9.59 Å². The van der Waals surface area contributed by atoms with E-state index in [4.69, 9.17) is 0 Å². The van der Waals surface area contributed by atoms with Crippen LogP contribution in [0.15, 0.2) is 30.3 Å². The van der Waals surface area contributed by atoms with Gasteiger partial charge in [0.15, 0.2) is 6.04 Å². The van der Waals surface area contributed by atoms with E-state index in [1.165, 1.54) is 4.80 Å². The lowest BCUT2D eigenvalue weighted by Crippen LogP contribution is -2.45. The molecule has 2 atom stereocenters. The number of carboxylic acid groups (broad SMARTS) is 1. The number of carbonyl (C=O) groups is 2. The fourth-order valence-electron chi connectivity index (χ4n) is 4.31. The van der Waals surface area contributed by atoms with Gasteiger partial charge in [0.2, 0.25) is 11.7 Å². The van der Waals surface area contributed by atoms with Crippen molar-refractivity contribution in [2.45, 2.75) is 39.2 Å². The van der Waals surface area contributed by atoms with E-state index in [9.17, 15) is 14.7 Å². The zero-order valence-electron chi connectivity index (χ0n) is 16.2. The van der Waals surface area contributed by atoms with Crippen molar-refractivity contribution in [2.75, 3.05) is 13.1 Å². The Bertz CT molecular complexity index is 871. The molecule has 2 unspecified atom stereocenters. The fourth-order valence-corrected chi connectivity index (χ4v) is 4.31. The van der Waals surface area contributed by atoms with Crippen LogP contribution in [0.5, 0.6) is 0 Å². The van der Waals surface area contributed by atoms with Crippen molar-refractivity contribution >= 4 is 11.9 Å². The molecule has 1 amide bonds. The second-order valence-electron chi connectivity index (χ2n) is 8.27. The normalized spacial score (nSPS) is 21.7. The average molecular weight is 383 g/mol. The minimum atomic E-state index is -0.708. The Kier molecular flexibility index (Phi) is 4.64. The number of amides is 1. The van der Waals surface area contributed by atoms with Gasteiger partial charge >= 0.3 is 5.97 Å². The fraction of sp³-hybridized carbons (Fsp3) is 0.550. The topological polar surface area (TPSA) is 101 Å². The van der Waals surface area contributed by atoms with Crippen LogP contribution in [0, 0.1) is 17.3 Å². The van der Waals surface area contributed by atoms with Crippen molar-refractivity contribution < 1.29 is 14.7 Å². The summed E-state index contributed by atoms with van der Waals surface area (Å²) >= 11 is 0. The summed E-state index contributed by atoms with van der Waals surface area (Å²) in [4.78, 5) is 27.7. The third kappa shape index (κ3) is 3.27. The lowest BCUT2D eigenvalue weighted by Gasteiger charge is -2.35. The Labute approximate surface area is 163 Å². The van der Waals surface area contributed by atoms with Crippen molar-refractivity contribution in [2.24, 2.45) is 17.3 Å². The number of aromatic nitrogens is 4. The molecule has 28 heavy (non-hydrogen) atoms. The molecule has 2 aromatic rings. The molecule has 0 radical (unpaired) electrons. The summed E-state index contributed by atoms with van der Waals surface area (Å²) in [5.74, 6) is -0.460. The molecule has 4 rings (SSSR count). The minimum Gasteiger partial charge on any atom is -0.481 e. The summed E-state index contributed by atoms with van der Waals surface area (Å²) in [6.45, 7) is 5.12. The van der Waals surface area contributed by atoms with Gasteiger partial charge in [-0.2, -0.15) is 4.80 Å². The van der Waals surface area contributed by atoms with Crippen LogP contribution < -0.4 is 0 Å². The lowest BCUT2D eigenvalue weighted by molar-refractivity contribution is -0.140. The number of rotatable bonds is 5. The van der Waals surface area contributed by atoms with Crippen molar-refractivity contribution in [1.82, 2.24) is 25.1 Å². The van der Waals surface area contributed by atoms with Crippen molar-refractivity contribution in [3.63, 3.8) is 0 Å². The molecule has 1 saturated carbocycles. The SMILES string of the molecule is CC(C)C(C(=O)N1CCC2(CC1)CC2C(=O)O)n1nnc(-c2ccccc2)n1. The number of carboxylic acids is 1. The zero-order chi connectivity index (χ0) is 19.9. The number of aliphatic carboxylic acids is 1. The van der Waals surface area contributed by atoms with Crippen LogP contribution in [0.3, 0.4) is 0 Å². The predicted octanol–water partition coefficient (Wildman–Crippen LogP) is 2.25. The first kappa shape index (κ1) is 18.6. The summed E-state index contributed by atoms with van der Waals surface area (Å²) in [6, 6.07) is 9.04. The predicted molar refractivity (Wildman–Crippen MR) is 101 cm³/mol. The lowest BCUT2D eigenvalue weighted by atomic mass is 9.90. The Morgan fingerprint density at radius 3 is 2.43 bits per heavy atom. The van der Waals surface area contributed by atoms with Crippen LogP contribution >= 0.6 is 0 Å². The number of likely N-dealkylation sites (tertiary alicyclic amines) is 1. The van der Waals surface area contributed by atoms with Gasteiger partial charge in [-0.15, -0.1) is 10.2 Å². The Morgan fingerprint density at radius 2 is 1.86 bits per heavy atom. The highest BCUT2D eigenvalue weighted by molar-refractivity contribution is 5.81. The molecule has 1 saturated heterocycles. The third-order valence-corrected chi connectivity index (χ3v) is 6.15. The molecular weight excluding hydrogens is 358 g/mol. The van der Waals surface area contributed by atoms with Crippen LogP contribution in [0.2, 0.25) is 0 Å². The molecule has 1 N–H and O–H groups in total. The molecule has 1 aliphatic heterocycles. The maximum Gasteiger partial charge on any atom is 0.307 e. The van der Waals surface area contributed by atoms with Gasteiger partial charge in [-0.1, -0.05) is 44.2 Å². The minimum absolute atomic E-state index is 0.00824. The summed E-state index contributed by atoms with van der Waals surface area (Å²) < 4.78 is 0. The molecule has 8 nitrogen and oxygen atoms in total. The van der Waals surface area contributed by atoms with Gasteiger partial charge in [0.05, 0.1) is 5.92 Å². The maximum atomic E-state index is 13.2. The highest BCUT2D eigenvalue weighted by Gasteiger charge is 2.59. The number of nitrogens with zero attached hydrogens (tertiary/aromatic N) is 5. The summed E-state index contributed by atoms with van der Waals surface area (Å²) in [5.41, 5.74) is 0.763. The maximum absolute atomic E-state index is 13.2. The number of hydrogen-bond donors (Lipinski definition) is 1. The second kappa shape index (κ2) is 7.00. The summed E-state index contributed by atoms with van der Waals surface area (Å²) in [5, 5.41) is 22.0. The van der Waals surface area contributed by atoms with E-state index >= 15 is 0 Å². The molecule has 1 aromatic carbocycles. The first-order chi connectivity index (χ1) is 13.4. The van der Waals surface area contributed by atoms with E-state index in [0.717, 1.165) is 24.8 Å². The van der Waals surface area contributed by atoms with E-state index in [2.05, 4.69) is 15.4 Å². The van der Waals surface area contributed by atoms with Crippen LogP contribution in [0.4, 0.5) is 0 Å². The first-order valence-electron chi connectivity index (χ1n) is 9.78. The van der Waals surface area contributed by atoms with Gasteiger partial charge < -0.3 is 10.0 Å². The quantitative estimate of drug-likeness (QED) is 0.850. The monoisotopic (exact) mass is 383 g/mol. The molecule has 2 heterocycles. The molecule has 1 spiro atoms. The molecule has 1 aliphatic carbocycles. The number of piperidine rings is 1. The molecule has 2 fully saturated rings.